The lowest BCUT2D eigenvalue weighted by molar-refractivity contribution is 0.0303. The van der Waals surface area contributed by atoms with Crippen LogP contribution in [0, 0.1) is 6.92 Å². The van der Waals surface area contributed by atoms with E-state index in [4.69, 9.17) is 4.74 Å². The average molecular weight is 566 g/mol. The van der Waals surface area contributed by atoms with Gasteiger partial charge in [0.05, 0.1) is 18.9 Å². The number of hydrogen-bond acceptors (Lipinski definition) is 6. The van der Waals surface area contributed by atoms with Gasteiger partial charge in [0.25, 0.3) is 17.4 Å². The second kappa shape index (κ2) is 12.8. The lowest BCUT2D eigenvalue weighted by Crippen LogP contribution is -2.40. The van der Waals surface area contributed by atoms with Gasteiger partial charge in [-0.15, -0.1) is 0 Å². The van der Waals surface area contributed by atoms with E-state index in [2.05, 4.69) is 22.5 Å². The van der Waals surface area contributed by atoms with Gasteiger partial charge in [-0.3, -0.25) is 14.4 Å². The number of nitrogens with zero attached hydrogens (tertiary/aromatic N) is 3. The Morgan fingerprint density at radius 3 is 2.33 bits per heavy atom. The molecule has 1 fully saturated rings. The number of hydrogen-bond donors (Lipinski definition) is 2. The summed E-state index contributed by atoms with van der Waals surface area (Å²) >= 11 is 0. The van der Waals surface area contributed by atoms with Crippen LogP contribution in [0.1, 0.15) is 45.2 Å². The maximum Gasteiger partial charge on any atom is 0.293 e. The highest BCUT2D eigenvalue weighted by atomic mass is 16.5. The zero-order valence-electron chi connectivity index (χ0n) is 24.1. The molecular weight excluding hydrogens is 530 g/mol. The summed E-state index contributed by atoms with van der Waals surface area (Å²) in [5.41, 5.74) is 5.57. The Kier molecular flexibility index (Phi) is 8.78. The van der Waals surface area contributed by atoms with Crippen LogP contribution in [0.25, 0.3) is 11.3 Å². The highest BCUT2D eigenvalue weighted by Gasteiger charge is 2.19. The number of ether oxygens (including phenoxy) is 1. The van der Waals surface area contributed by atoms with Crippen molar-refractivity contribution in [2.45, 2.75) is 26.7 Å². The van der Waals surface area contributed by atoms with Crippen molar-refractivity contribution in [2.75, 3.05) is 36.9 Å². The average Bonchev–Trinajstić information content (AvgIpc) is 3.01. The maximum absolute atomic E-state index is 13.0. The quantitative estimate of drug-likeness (QED) is 0.305. The summed E-state index contributed by atoms with van der Waals surface area (Å²) in [4.78, 5) is 45.1. The van der Waals surface area contributed by atoms with Crippen LogP contribution in [-0.2, 0) is 18.2 Å². The molecule has 0 unspecified atom stereocenters. The predicted octanol–water partition coefficient (Wildman–Crippen LogP) is 5.18. The number of anilines is 3. The number of aromatic nitrogens is 2. The summed E-state index contributed by atoms with van der Waals surface area (Å²) in [6.07, 6.45) is 3.71. The van der Waals surface area contributed by atoms with Crippen LogP contribution in [-0.4, -0.2) is 52.6 Å². The van der Waals surface area contributed by atoms with Crippen LogP contribution in [0.3, 0.4) is 0 Å². The summed E-state index contributed by atoms with van der Waals surface area (Å²) in [7, 11) is 1.67. The molecule has 216 valence electrons. The van der Waals surface area contributed by atoms with Gasteiger partial charge in [-0.25, -0.2) is 4.98 Å². The molecule has 1 aliphatic rings. The van der Waals surface area contributed by atoms with Crippen LogP contribution < -0.4 is 16.2 Å². The Hall–Kier alpha value is -4.76. The van der Waals surface area contributed by atoms with E-state index in [1.165, 1.54) is 10.1 Å². The van der Waals surface area contributed by atoms with Gasteiger partial charge in [0.2, 0.25) is 0 Å². The Bertz CT molecular complexity index is 1640. The molecule has 9 nitrogen and oxygen atoms in total. The van der Waals surface area contributed by atoms with Crippen molar-refractivity contribution < 1.29 is 14.3 Å². The lowest BCUT2D eigenvalue weighted by Gasteiger charge is -2.26. The largest absolute Gasteiger partial charge is 0.378 e. The fourth-order valence-corrected chi connectivity index (χ4v) is 4.95. The Morgan fingerprint density at radius 1 is 0.952 bits per heavy atom. The van der Waals surface area contributed by atoms with Gasteiger partial charge in [-0.1, -0.05) is 37.6 Å². The summed E-state index contributed by atoms with van der Waals surface area (Å²) in [5.74, 6) is -0.0790. The number of morpholine rings is 1. The van der Waals surface area contributed by atoms with Gasteiger partial charge >= 0.3 is 0 Å². The van der Waals surface area contributed by atoms with E-state index in [1.807, 2.05) is 49.4 Å². The van der Waals surface area contributed by atoms with E-state index in [0.717, 1.165) is 24.0 Å². The first-order valence-corrected chi connectivity index (χ1v) is 14.2. The predicted molar refractivity (Wildman–Crippen MR) is 164 cm³/mol. The van der Waals surface area contributed by atoms with Crippen molar-refractivity contribution in [3.05, 3.63) is 106 Å². The van der Waals surface area contributed by atoms with Crippen LogP contribution in [0.5, 0.6) is 0 Å². The molecule has 2 N–H and O–H groups in total. The van der Waals surface area contributed by atoms with Crippen molar-refractivity contribution in [1.82, 2.24) is 14.5 Å². The number of amides is 2. The number of carbonyl (C=O) groups excluding carboxylic acids is 2. The molecule has 9 heteroatoms. The molecule has 2 heterocycles. The highest BCUT2D eigenvalue weighted by Crippen LogP contribution is 2.28. The molecular formula is C33H35N5O4. The molecule has 3 aromatic carbocycles. The molecule has 0 saturated carbocycles. The standard InChI is InChI=1S/C33H35N5O4/c1-4-6-23-9-11-24(12-10-23)31(39)36-28-8-5-7-27(22(28)2)29-21-37(3)33(41)30(35-29)34-26-15-13-25(14-16-26)32(40)38-17-19-42-20-18-38/h5,7-16,21H,4,6,17-20H2,1-3H3,(H,34,35)(H,36,39). The lowest BCUT2D eigenvalue weighted by atomic mass is 10.0. The molecule has 0 bridgehead atoms. The minimum atomic E-state index is -0.291. The zero-order valence-corrected chi connectivity index (χ0v) is 24.1. The van der Waals surface area contributed by atoms with Gasteiger partial charge in [-0.2, -0.15) is 0 Å². The third-order valence-electron chi connectivity index (χ3n) is 7.38. The van der Waals surface area contributed by atoms with E-state index < -0.39 is 0 Å². The van der Waals surface area contributed by atoms with E-state index in [1.54, 1.807) is 42.4 Å². The van der Waals surface area contributed by atoms with Gasteiger partial charge in [0.1, 0.15) is 0 Å². The normalized spacial score (nSPS) is 13.1. The van der Waals surface area contributed by atoms with Gasteiger partial charge in [-0.05, 0) is 66.9 Å². The van der Waals surface area contributed by atoms with Gasteiger partial charge in [0, 0.05) is 54.4 Å². The first kappa shape index (κ1) is 28.8. The molecule has 4 aromatic rings. The molecule has 1 aromatic heterocycles. The fraction of sp³-hybridized carbons (Fsp3) is 0.273. The maximum atomic E-state index is 13.0. The molecule has 0 radical (unpaired) electrons. The van der Waals surface area contributed by atoms with E-state index >= 15 is 0 Å². The molecule has 1 aliphatic heterocycles. The summed E-state index contributed by atoms with van der Waals surface area (Å²) in [6, 6.07) is 20.3. The second-order valence-electron chi connectivity index (χ2n) is 10.4. The minimum Gasteiger partial charge on any atom is -0.378 e. The van der Waals surface area contributed by atoms with Crippen LogP contribution in [0.4, 0.5) is 17.2 Å². The third-order valence-corrected chi connectivity index (χ3v) is 7.38. The molecule has 5 rings (SSSR count). The SMILES string of the molecule is CCCc1ccc(C(=O)Nc2cccc(-c3cn(C)c(=O)c(Nc4ccc(C(=O)N5CCOCC5)cc4)n3)c2C)cc1. The van der Waals surface area contributed by atoms with Crippen molar-refractivity contribution in [1.29, 1.82) is 0 Å². The number of rotatable bonds is 8. The molecule has 42 heavy (non-hydrogen) atoms. The summed E-state index contributed by atoms with van der Waals surface area (Å²) < 4.78 is 6.81. The first-order chi connectivity index (χ1) is 20.3. The van der Waals surface area contributed by atoms with E-state index in [0.29, 0.717) is 54.5 Å². The minimum absolute atomic E-state index is 0.0446. The topological polar surface area (TPSA) is 106 Å². The van der Waals surface area contributed by atoms with Crippen LogP contribution in [0.2, 0.25) is 0 Å². The van der Waals surface area contributed by atoms with E-state index in [9.17, 15) is 14.4 Å². The molecule has 0 aliphatic carbocycles. The number of aryl methyl sites for hydroxylation is 2. The molecule has 0 atom stereocenters. The van der Waals surface area contributed by atoms with E-state index in [-0.39, 0.29) is 23.2 Å². The van der Waals surface area contributed by atoms with Gasteiger partial charge in [0.15, 0.2) is 5.82 Å². The monoisotopic (exact) mass is 565 g/mol. The Balaban J connectivity index is 1.35. The molecule has 0 spiro atoms. The molecule has 1 saturated heterocycles. The summed E-state index contributed by atoms with van der Waals surface area (Å²) in [6.45, 7) is 6.27. The summed E-state index contributed by atoms with van der Waals surface area (Å²) in [5, 5.41) is 6.13. The Morgan fingerprint density at radius 2 is 1.64 bits per heavy atom. The van der Waals surface area contributed by atoms with Crippen molar-refractivity contribution >= 4 is 29.0 Å². The zero-order chi connectivity index (χ0) is 29.6. The van der Waals surface area contributed by atoms with Crippen molar-refractivity contribution in [2.24, 2.45) is 7.05 Å². The fourth-order valence-electron chi connectivity index (χ4n) is 4.95. The molecule has 2 amide bonds. The van der Waals surface area contributed by atoms with Crippen LogP contribution in [0.15, 0.2) is 77.7 Å². The van der Waals surface area contributed by atoms with Crippen molar-refractivity contribution in [3.63, 3.8) is 0 Å². The highest BCUT2D eigenvalue weighted by molar-refractivity contribution is 6.05. The Labute approximate surface area is 245 Å². The number of nitrogens with one attached hydrogen (secondary N) is 2. The second-order valence-corrected chi connectivity index (χ2v) is 10.4. The van der Waals surface area contributed by atoms with Gasteiger partial charge < -0.3 is 24.8 Å². The first-order valence-electron chi connectivity index (χ1n) is 14.2. The number of carbonyl (C=O) groups is 2. The van der Waals surface area contributed by atoms with Crippen LogP contribution >= 0.6 is 0 Å². The van der Waals surface area contributed by atoms with Crippen molar-refractivity contribution in [3.8, 4) is 11.3 Å². The smallest absolute Gasteiger partial charge is 0.293 e. The number of benzene rings is 3. The third kappa shape index (κ3) is 6.42.